The average Bonchev–Trinajstić information content (AvgIpc) is 3.45. The number of methoxy groups -OCH3 is 2. The molecule has 2 bridgehead atoms. The first-order valence-corrected chi connectivity index (χ1v) is 10.8. The van der Waals surface area contributed by atoms with Gasteiger partial charge in [-0.05, 0) is 60.1 Å². The van der Waals surface area contributed by atoms with Crippen molar-refractivity contribution in [2.24, 2.45) is 23.2 Å². The summed E-state index contributed by atoms with van der Waals surface area (Å²) in [6.45, 7) is 1.49. The van der Waals surface area contributed by atoms with Gasteiger partial charge < -0.3 is 14.2 Å². The highest BCUT2D eigenvalue weighted by atomic mass is 127. The summed E-state index contributed by atoms with van der Waals surface area (Å²) in [4.78, 5) is 11.7. The number of allylic oxidation sites excluding steroid dienone is 2. The average molecular weight is 478 g/mol. The van der Waals surface area contributed by atoms with Crippen LogP contribution in [0.1, 0.15) is 37.3 Å². The van der Waals surface area contributed by atoms with E-state index in [9.17, 15) is 4.79 Å². The lowest BCUT2D eigenvalue weighted by molar-refractivity contribution is -0.137. The van der Waals surface area contributed by atoms with Gasteiger partial charge in [0, 0.05) is 27.7 Å². The van der Waals surface area contributed by atoms with E-state index in [1.54, 1.807) is 14.2 Å². The Labute approximate surface area is 172 Å². The van der Waals surface area contributed by atoms with Crippen LogP contribution >= 0.6 is 22.6 Å². The zero-order valence-corrected chi connectivity index (χ0v) is 18.0. The number of alkyl halides is 1. The topological polar surface area (TPSA) is 44.8 Å². The fourth-order valence-electron chi connectivity index (χ4n) is 7.47. The highest BCUT2D eigenvalue weighted by Gasteiger charge is 2.96. The Kier molecular flexibility index (Phi) is 2.99. The maximum atomic E-state index is 11.7. The highest BCUT2D eigenvalue weighted by Crippen LogP contribution is 2.98. The number of esters is 1. The predicted octanol–water partition coefficient (Wildman–Crippen LogP) is 4.18. The Bertz CT molecular complexity index is 938. The Hall–Kier alpha value is -1.24. The minimum atomic E-state index is -0.228. The van der Waals surface area contributed by atoms with Gasteiger partial charge in [-0.25, -0.2) is 0 Å². The predicted molar refractivity (Wildman–Crippen MR) is 108 cm³/mol. The Morgan fingerprint density at radius 2 is 2.07 bits per heavy atom. The second-order valence-corrected chi connectivity index (χ2v) is 11.0. The van der Waals surface area contributed by atoms with Gasteiger partial charge in [0.25, 0.3) is 0 Å². The molecule has 5 aliphatic rings. The van der Waals surface area contributed by atoms with Crippen LogP contribution in [-0.2, 0) is 21.4 Å². The van der Waals surface area contributed by atoms with Crippen molar-refractivity contribution < 1.29 is 19.0 Å². The molecule has 1 aromatic rings. The van der Waals surface area contributed by atoms with Gasteiger partial charge in [-0.3, -0.25) is 4.79 Å². The van der Waals surface area contributed by atoms with Gasteiger partial charge in [0.1, 0.15) is 5.76 Å². The second kappa shape index (κ2) is 4.84. The molecule has 4 nitrogen and oxygen atoms in total. The first-order valence-electron chi connectivity index (χ1n) is 9.73. The van der Waals surface area contributed by atoms with Crippen molar-refractivity contribution >= 4 is 28.6 Å². The van der Waals surface area contributed by atoms with Gasteiger partial charge in [0.2, 0.25) is 0 Å². The molecule has 0 aromatic heterocycles. The van der Waals surface area contributed by atoms with Gasteiger partial charge in [0.15, 0.2) is 11.5 Å². The lowest BCUT2D eigenvalue weighted by atomic mass is 9.61. The molecule has 0 radical (unpaired) electrons. The number of rotatable bonds is 3. The van der Waals surface area contributed by atoms with Gasteiger partial charge in [-0.15, -0.1) is 0 Å². The number of hydrogen-bond acceptors (Lipinski definition) is 4. The van der Waals surface area contributed by atoms with Crippen molar-refractivity contribution in [3.05, 3.63) is 35.1 Å². The van der Waals surface area contributed by atoms with Crippen LogP contribution in [0, 0.1) is 23.2 Å². The van der Waals surface area contributed by atoms with Crippen molar-refractivity contribution in [1.29, 1.82) is 0 Å². The summed E-state index contributed by atoms with van der Waals surface area (Å²) < 4.78 is 17.4. The van der Waals surface area contributed by atoms with E-state index in [2.05, 4.69) is 40.8 Å². The van der Waals surface area contributed by atoms with Crippen molar-refractivity contribution in [2.45, 2.75) is 41.4 Å². The van der Waals surface area contributed by atoms with E-state index < -0.39 is 0 Å². The van der Waals surface area contributed by atoms with E-state index in [0.717, 1.165) is 54.3 Å². The smallest absolute Gasteiger partial charge is 0.307 e. The van der Waals surface area contributed by atoms with Gasteiger partial charge in [0.05, 0.1) is 14.2 Å². The Morgan fingerprint density at radius 3 is 2.78 bits per heavy atom. The molecule has 6 atom stereocenters. The fourth-order valence-corrected chi connectivity index (χ4v) is 9.31. The van der Waals surface area contributed by atoms with Crippen molar-refractivity contribution in [2.75, 3.05) is 14.2 Å². The summed E-state index contributed by atoms with van der Waals surface area (Å²) in [7, 11) is 3.46. The highest BCUT2D eigenvalue weighted by molar-refractivity contribution is 14.1. The lowest BCUT2D eigenvalue weighted by Gasteiger charge is -2.50. The van der Waals surface area contributed by atoms with Crippen molar-refractivity contribution in [3.63, 3.8) is 0 Å². The fraction of sp³-hybridized carbons (Fsp3) is 0.591. The van der Waals surface area contributed by atoms with Crippen LogP contribution in [0.3, 0.4) is 0 Å². The largest absolute Gasteiger partial charge is 0.493 e. The molecule has 3 saturated carbocycles. The standard InChI is InChI=1S/C22H23IO4/c1-11(24)27-13-6-7-22(23)19-17-14-8-12-4-5-15(25-2)18(26-3)16(12)20(22,9-13)10-21(14,17)19/h4-6,14,17,19H,7-10H2,1-3H3/t14-,17-,19+,20-,21?,22+/m0/s1. The minimum absolute atomic E-state index is 0.0469. The zero-order valence-electron chi connectivity index (χ0n) is 15.8. The normalized spacial score (nSPS) is 44.1. The van der Waals surface area contributed by atoms with Crippen LogP contribution in [0.5, 0.6) is 11.5 Å². The summed E-state index contributed by atoms with van der Waals surface area (Å²) in [6, 6.07) is 4.30. The molecule has 0 N–H and O–H groups in total. The van der Waals surface area contributed by atoms with E-state index in [1.165, 1.54) is 24.5 Å². The van der Waals surface area contributed by atoms with Crippen LogP contribution in [0.2, 0.25) is 0 Å². The van der Waals surface area contributed by atoms with Crippen LogP contribution in [-0.4, -0.2) is 23.6 Å². The molecule has 0 aliphatic heterocycles. The lowest BCUT2D eigenvalue weighted by Crippen LogP contribution is -2.50. The number of fused-ring (bicyclic) bond motifs is 4. The van der Waals surface area contributed by atoms with E-state index in [4.69, 9.17) is 14.2 Å². The molecule has 0 heterocycles. The van der Waals surface area contributed by atoms with E-state index in [-0.39, 0.29) is 14.8 Å². The Morgan fingerprint density at radius 1 is 1.26 bits per heavy atom. The molecule has 0 amide bonds. The first-order chi connectivity index (χ1) is 12.9. The van der Waals surface area contributed by atoms with E-state index in [0.29, 0.717) is 5.41 Å². The monoisotopic (exact) mass is 478 g/mol. The number of hydrogen-bond donors (Lipinski definition) is 0. The quantitative estimate of drug-likeness (QED) is 0.372. The number of carbonyl (C=O) groups is 1. The molecule has 5 aliphatic carbocycles. The number of halogens is 1. The Balaban J connectivity index is 1.60. The molecule has 3 fully saturated rings. The van der Waals surface area contributed by atoms with Gasteiger partial charge in [-0.1, -0.05) is 28.7 Å². The molecule has 1 aromatic carbocycles. The summed E-state index contributed by atoms with van der Waals surface area (Å²) in [6.07, 6.45) is 6.26. The van der Waals surface area contributed by atoms with Crippen LogP contribution in [0.4, 0.5) is 0 Å². The third kappa shape index (κ3) is 1.67. The summed E-state index contributed by atoms with van der Waals surface area (Å²) in [5.41, 5.74) is 3.21. The molecular formula is C22H23IO4. The summed E-state index contributed by atoms with van der Waals surface area (Å²) >= 11 is 2.76. The molecule has 0 saturated heterocycles. The van der Waals surface area contributed by atoms with Crippen LogP contribution in [0.25, 0.3) is 0 Å². The molecular weight excluding hydrogens is 455 g/mol. The SMILES string of the molecule is COc1ccc2c(c1OC)[C@@]13CC(OC(C)=O)=CC[C@@]1(I)[C@@H]1[C@@H]4[C@H](C2)C41C3. The van der Waals surface area contributed by atoms with Gasteiger partial charge >= 0.3 is 5.97 Å². The maximum absolute atomic E-state index is 11.7. The molecule has 5 heteroatoms. The maximum Gasteiger partial charge on any atom is 0.307 e. The minimum Gasteiger partial charge on any atom is -0.493 e. The third-order valence-electron chi connectivity index (χ3n) is 8.29. The van der Waals surface area contributed by atoms with Gasteiger partial charge in [-0.2, -0.15) is 0 Å². The third-order valence-corrected chi connectivity index (χ3v) is 10.4. The zero-order chi connectivity index (χ0) is 18.8. The van der Waals surface area contributed by atoms with Crippen LogP contribution in [0.15, 0.2) is 24.0 Å². The number of carbonyl (C=O) groups excluding carboxylic acids is 1. The molecule has 1 unspecified atom stereocenters. The van der Waals surface area contributed by atoms with E-state index >= 15 is 0 Å². The van der Waals surface area contributed by atoms with Crippen LogP contribution < -0.4 is 9.47 Å². The molecule has 27 heavy (non-hydrogen) atoms. The van der Waals surface area contributed by atoms with Crippen molar-refractivity contribution in [1.82, 2.24) is 0 Å². The summed E-state index contributed by atoms with van der Waals surface area (Å²) in [5, 5.41) is 0. The molecule has 6 rings (SSSR count). The number of ether oxygens (including phenoxy) is 3. The first kappa shape index (κ1) is 16.7. The van der Waals surface area contributed by atoms with Crippen molar-refractivity contribution in [3.8, 4) is 11.5 Å². The molecule has 142 valence electrons. The second-order valence-electron chi connectivity index (χ2n) is 9.03. The number of benzene rings is 1. The summed E-state index contributed by atoms with van der Waals surface area (Å²) in [5.74, 6) is 4.83. The van der Waals surface area contributed by atoms with E-state index in [1.807, 2.05) is 0 Å². The molecule has 2 spiro atoms.